The Kier molecular flexibility index (Phi) is 5.17. The Morgan fingerprint density at radius 3 is 2.48 bits per heavy atom. The maximum absolute atomic E-state index is 12.2. The van der Waals surface area contributed by atoms with E-state index < -0.39 is 10.0 Å². The Hall–Kier alpha value is -2.22. The monoisotopic (exact) mass is 374 g/mol. The van der Waals surface area contributed by atoms with Gasteiger partial charge in [0, 0.05) is 17.8 Å². The van der Waals surface area contributed by atoms with E-state index in [2.05, 4.69) is 10.0 Å². The molecular weight excluding hydrogens is 356 g/mol. The predicted molar refractivity (Wildman–Crippen MR) is 101 cm³/mol. The molecule has 25 heavy (non-hydrogen) atoms. The van der Waals surface area contributed by atoms with Crippen molar-refractivity contribution in [1.29, 1.82) is 0 Å². The number of fused-ring (bicyclic) bond motifs is 1. The van der Waals surface area contributed by atoms with Gasteiger partial charge in [-0.15, -0.1) is 11.3 Å². The molecule has 1 aromatic heterocycles. The van der Waals surface area contributed by atoms with E-state index in [4.69, 9.17) is 0 Å². The van der Waals surface area contributed by atoms with Crippen molar-refractivity contribution in [1.82, 2.24) is 10.0 Å². The van der Waals surface area contributed by atoms with Crippen molar-refractivity contribution < 1.29 is 13.2 Å². The van der Waals surface area contributed by atoms with Crippen molar-refractivity contribution in [2.75, 3.05) is 13.1 Å². The third-order valence-corrected chi connectivity index (χ3v) is 6.28. The molecule has 2 aromatic carbocycles. The molecule has 0 aliphatic rings. The summed E-state index contributed by atoms with van der Waals surface area (Å²) in [5, 5.41) is 3.76. The van der Waals surface area contributed by atoms with Crippen molar-refractivity contribution >= 4 is 37.4 Å². The third kappa shape index (κ3) is 4.25. The van der Waals surface area contributed by atoms with E-state index >= 15 is 0 Å². The van der Waals surface area contributed by atoms with Gasteiger partial charge in [-0.05, 0) is 36.6 Å². The molecule has 0 spiro atoms. The lowest BCUT2D eigenvalue weighted by Crippen LogP contribution is -2.34. The van der Waals surface area contributed by atoms with Crippen molar-refractivity contribution in [2.24, 2.45) is 0 Å². The van der Waals surface area contributed by atoms with Crippen molar-refractivity contribution in [3.63, 3.8) is 0 Å². The molecule has 7 heteroatoms. The van der Waals surface area contributed by atoms with Gasteiger partial charge in [0.05, 0.1) is 9.77 Å². The first-order chi connectivity index (χ1) is 12.0. The van der Waals surface area contributed by atoms with Gasteiger partial charge < -0.3 is 5.32 Å². The van der Waals surface area contributed by atoms with Crippen molar-refractivity contribution in [3.8, 4) is 0 Å². The topological polar surface area (TPSA) is 75.3 Å². The van der Waals surface area contributed by atoms with Crippen LogP contribution in [0.5, 0.6) is 0 Å². The third-order valence-electron chi connectivity index (χ3n) is 3.68. The smallest absolute Gasteiger partial charge is 0.261 e. The molecule has 0 bridgehead atoms. The molecule has 1 amide bonds. The van der Waals surface area contributed by atoms with Crippen LogP contribution >= 0.6 is 11.3 Å². The number of benzene rings is 2. The zero-order valence-corrected chi connectivity index (χ0v) is 15.3. The second-order valence-electron chi connectivity index (χ2n) is 5.62. The highest BCUT2D eigenvalue weighted by Gasteiger charge is 2.14. The number of aryl methyl sites for hydroxylation is 1. The van der Waals surface area contributed by atoms with Crippen LogP contribution in [-0.2, 0) is 10.0 Å². The molecule has 0 radical (unpaired) electrons. The minimum absolute atomic E-state index is 0.132. The number of sulfonamides is 1. The fourth-order valence-electron chi connectivity index (χ4n) is 2.34. The normalized spacial score (nSPS) is 11.6. The summed E-state index contributed by atoms with van der Waals surface area (Å²) in [4.78, 5) is 13.0. The Balaban J connectivity index is 1.54. The minimum atomic E-state index is -3.56. The van der Waals surface area contributed by atoms with Crippen LogP contribution in [0, 0.1) is 6.92 Å². The fraction of sp³-hybridized carbons (Fsp3) is 0.167. The number of carbonyl (C=O) groups excluding carboxylic acids is 1. The Labute approximate surface area is 150 Å². The zero-order chi connectivity index (χ0) is 17.9. The van der Waals surface area contributed by atoms with Gasteiger partial charge in [0.2, 0.25) is 10.0 Å². The number of thiophene rings is 1. The molecule has 130 valence electrons. The fourth-order valence-corrected chi connectivity index (χ4v) is 4.35. The molecule has 2 N–H and O–H groups in total. The largest absolute Gasteiger partial charge is 0.350 e. The Morgan fingerprint density at radius 1 is 1.04 bits per heavy atom. The highest BCUT2D eigenvalue weighted by Crippen LogP contribution is 2.24. The summed E-state index contributed by atoms with van der Waals surface area (Å²) in [6.45, 7) is 2.25. The van der Waals surface area contributed by atoms with Crippen LogP contribution in [0.4, 0.5) is 0 Å². The van der Waals surface area contributed by atoms with E-state index in [9.17, 15) is 13.2 Å². The molecular formula is C18H18N2O3S2. The van der Waals surface area contributed by atoms with E-state index in [-0.39, 0.29) is 23.9 Å². The number of carbonyl (C=O) groups is 1. The summed E-state index contributed by atoms with van der Waals surface area (Å²) in [6, 6.07) is 16.2. The number of hydrogen-bond acceptors (Lipinski definition) is 4. The van der Waals surface area contributed by atoms with Crippen LogP contribution in [0.1, 0.15) is 15.2 Å². The molecule has 3 aromatic rings. The van der Waals surface area contributed by atoms with Gasteiger partial charge in [-0.1, -0.05) is 35.9 Å². The molecule has 0 atom stereocenters. The lowest BCUT2D eigenvalue weighted by molar-refractivity contribution is 0.0958. The van der Waals surface area contributed by atoms with Gasteiger partial charge in [0.25, 0.3) is 5.91 Å². The average Bonchev–Trinajstić information content (AvgIpc) is 3.03. The number of nitrogens with one attached hydrogen (secondary N) is 2. The van der Waals surface area contributed by atoms with E-state index in [1.165, 1.54) is 11.3 Å². The van der Waals surface area contributed by atoms with Crippen LogP contribution in [0.3, 0.4) is 0 Å². The van der Waals surface area contributed by atoms with Gasteiger partial charge in [-0.3, -0.25) is 4.79 Å². The van der Waals surface area contributed by atoms with Crippen LogP contribution in [0.15, 0.2) is 59.5 Å². The average molecular weight is 374 g/mol. The quantitative estimate of drug-likeness (QED) is 0.652. The lowest BCUT2D eigenvalue weighted by Gasteiger charge is -2.07. The molecule has 0 unspecified atom stereocenters. The minimum Gasteiger partial charge on any atom is -0.350 e. The summed E-state index contributed by atoms with van der Waals surface area (Å²) < 4.78 is 27.8. The predicted octanol–water partition coefficient (Wildman–Crippen LogP) is 2.92. The van der Waals surface area contributed by atoms with Gasteiger partial charge in [0.15, 0.2) is 0 Å². The van der Waals surface area contributed by atoms with Gasteiger partial charge in [0.1, 0.15) is 0 Å². The second kappa shape index (κ2) is 7.35. The van der Waals surface area contributed by atoms with E-state index in [0.717, 1.165) is 15.6 Å². The molecule has 5 nitrogen and oxygen atoms in total. The lowest BCUT2D eigenvalue weighted by atomic mass is 10.2. The van der Waals surface area contributed by atoms with Crippen molar-refractivity contribution in [3.05, 3.63) is 65.0 Å². The summed E-state index contributed by atoms with van der Waals surface area (Å²) in [6.07, 6.45) is 0. The Bertz CT molecular complexity index is 960. The first-order valence-electron chi connectivity index (χ1n) is 7.79. The van der Waals surface area contributed by atoms with Crippen molar-refractivity contribution in [2.45, 2.75) is 11.8 Å². The van der Waals surface area contributed by atoms with E-state index in [0.29, 0.717) is 4.88 Å². The Morgan fingerprint density at radius 2 is 1.76 bits per heavy atom. The number of rotatable bonds is 6. The van der Waals surface area contributed by atoms with Crippen LogP contribution in [-0.4, -0.2) is 27.4 Å². The number of amides is 1. The summed E-state index contributed by atoms with van der Waals surface area (Å²) >= 11 is 1.42. The molecule has 3 rings (SSSR count). The molecule has 0 saturated heterocycles. The highest BCUT2D eigenvalue weighted by molar-refractivity contribution is 7.89. The molecule has 0 fully saturated rings. The zero-order valence-electron chi connectivity index (χ0n) is 13.7. The van der Waals surface area contributed by atoms with E-state index in [1.807, 2.05) is 37.3 Å². The molecule has 0 aliphatic heterocycles. The molecule has 0 saturated carbocycles. The van der Waals surface area contributed by atoms with Crippen LogP contribution in [0.2, 0.25) is 0 Å². The maximum atomic E-state index is 12.2. The van der Waals surface area contributed by atoms with Gasteiger partial charge in [-0.25, -0.2) is 13.1 Å². The van der Waals surface area contributed by atoms with E-state index in [1.54, 1.807) is 24.3 Å². The molecule has 0 aliphatic carbocycles. The first-order valence-corrected chi connectivity index (χ1v) is 10.1. The first kappa shape index (κ1) is 17.6. The van der Waals surface area contributed by atoms with Gasteiger partial charge in [-0.2, -0.15) is 0 Å². The van der Waals surface area contributed by atoms with Crippen LogP contribution < -0.4 is 10.0 Å². The second-order valence-corrected chi connectivity index (χ2v) is 8.47. The standard InChI is InChI=1S/C18H18N2O3S2/c1-13-6-8-15(9-7-13)25(22,23)20-11-10-19-18(21)17-12-14-4-2-3-5-16(14)24-17/h2-9,12,20H,10-11H2,1H3,(H,19,21). The highest BCUT2D eigenvalue weighted by atomic mass is 32.2. The molecule has 1 heterocycles. The van der Waals surface area contributed by atoms with Crippen LogP contribution in [0.25, 0.3) is 10.1 Å². The summed E-state index contributed by atoms with van der Waals surface area (Å²) in [5.41, 5.74) is 0.995. The SMILES string of the molecule is Cc1ccc(S(=O)(=O)NCCNC(=O)c2cc3ccccc3s2)cc1. The summed E-state index contributed by atoms with van der Waals surface area (Å²) in [5.74, 6) is -0.198. The maximum Gasteiger partial charge on any atom is 0.261 e. The summed E-state index contributed by atoms with van der Waals surface area (Å²) in [7, 11) is -3.56. The van der Waals surface area contributed by atoms with Gasteiger partial charge >= 0.3 is 0 Å². The number of hydrogen-bond donors (Lipinski definition) is 2.